The summed E-state index contributed by atoms with van der Waals surface area (Å²) in [6, 6.07) is 5.79. The molecule has 0 aromatic heterocycles. The summed E-state index contributed by atoms with van der Waals surface area (Å²) in [7, 11) is 4.42. The van der Waals surface area contributed by atoms with Crippen LogP contribution < -0.4 is 26.8 Å². The van der Waals surface area contributed by atoms with Crippen molar-refractivity contribution in [1.29, 1.82) is 5.41 Å². The van der Waals surface area contributed by atoms with E-state index in [0.29, 0.717) is 6.54 Å². The van der Waals surface area contributed by atoms with Gasteiger partial charge in [0.05, 0.1) is 5.56 Å². The molecule has 5 nitrogen and oxygen atoms in total. The molecule has 6 heteroatoms. The molecule has 2 rings (SSSR count). The number of rotatable bonds is 5. The van der Waals surface area contributed by atoms with E-state index < -0.39 is 10.9 Å². The molecule has 2 aromatic carbocycles. The Hall–Kier alpha value is -1.84. The number of hydrogen-bond acceptors (Lipinski definition) is 5. The van der Waals surface area contributed by atoms with Crippen molar-refractivity contribution in [3.05, 3.63) is 49.8 Å². The standard InChI is InChI=1S/C13H14N3O2P/c1-15-6-7-2-3-10(19)9(4-7)16-11-8(5-14)12(17)13(11)18/h2-5,14-16H,6,19H2,1H3. The minimum absolute atomic E-state index is 0.133. The van der Waals surface area contributed by atoms with Crippen molar-refractivity contribution in [1.82, 2.24) is 5.32 Å². The fourth-order valence-corrected chi connectivity index (χ4v) is 2.08. The fourth-order valence-electron chi connectivity index (χ4n) is 1.83. The summed E-state index contributed by atoms with van der Waals surface area (Å²) in [4.78, 5) is 22.7. The van der Waals surface area contributed by atoms with Crippen LogP contribution in [0.25, 0.3) is 0 Å². The quantitative estimate of drug-likeness (QED) is 0.415. The summed E-state index contributed by atoms with van der Waals surface area (Å²) in [5, 5.41) is 14.0. The maximum absolute atomic E-state index is 11.5. The van der Waals surface area contributed by atoms with Crippen molar-refractivity contribution in [2.75, 3.05) is 12.4 Å². The molecule has 0 amide bonds. The van der Waals surface area contributed by atoms with E-state index in [1.54, 1.807) is 0 Å². The highest BCUT2D eigenvalue weighted by molar-refractivity contribution is 7.28. The first-order chi connectivity index (χ1) is 9.08. The average molecular weight is 275 g/mol. The molecule has 3 N–H and O–H groups in total. The van der Waals surface area contributed by atoms with Crippen molar-refractivity contribution in [2.45, 2.75) is 6.54 Å². The number of anilines is 2. The van der Waals surface area contributed by atoms with Crippen LogP contribution in [0.2, 0.25) is 0 Å². The fraction of sp³-hybridized carbons (Fsp3) is 0.154. The molecule has 1 unspecified atom stereocenters. The topological polar surface area (TPSA) is 82.0 Å². The summed E-state index contributed by atoms with van der Waals surface area (Å²) < 4.78 is 0. The SMILES string of the molecule is CNCc1ccc(P)c(Nc2c(C=N)c(=O)c2=O)c1. The Labute approximate surface area is 112 Å². The van der Waals surface area contributed by atoms with Gasteiger partial charge in [-0.3, -0.25) is 9.59 Å². The summed E-state index contributed by atoms with van der Waals surface area (Å²) in [5.41, 5.74) is 0.967. The molecule has 0 aliphatic heterocycles. The van der Waals surface area contributed by atoms with E-state index in [-0.39, 0.29) is 11.3 Å². The van der Waals surface area contributed by atoms with Gasteiger partial charge in [-0.1, -0.05) is 12.1 Å². The Bertz CT molecular complexity index is 702. The lowest BCUT2D eigenvalue weighted by Gasteiger charge is -2.13. The third-order valence-electron chi connectivity index (χ3n) is 2.85. The molecule has 2 aromatic rings. The average Bonchev–Trinajstić information content (AvgIpc) is 2.41. The molecular formula is C13H14N3O2P. The lowest BCUT2D eigenvalue weighted by atomic mass is 10.1. The number of hydrogen-bond donors (Lipinski definition) is 3. The van der Waals surface area contributed by atoms with Crippen LogP contribution in [0.3, 0.4) is 0 Å². The van der Waals surface area contributed by atoms with Gasteiger partial charge in [0.1, 0.15) is 5.69 Å². The van der Waals surface area contributed by atoms with Crippen LogP contribution >= 0.6 is 9.24 Å². The predicted molar refractivity (Wildman–Crippen MR) is 81.1 cm³/mol. The first kappa shape index (κ1) is 13.6. The zero-order valence-electron chi connectivity index (χ0n) is 10.4. The van der Waals surface area contributed by atoms with Gasteiger partial charge in [0, 0.05) is 18.4 Å². The second kappa shape index (κ2) is 5.43. The van der Waals surface area contributed by atoms with Crippen LogP contribution in [0.1, 0.15) is 11.1 Å². The third-order valence-corrected chi connectivity index (χ3v) is 3.35. The molecule has 0 aliphatic carbocycles. The highest BCUT2D eigenvalue weighted by atomic mass is 31.0. The van der Waals surface area contributed by atoms with Gasteiger partial charge in [-0.2, -0.15) is 0 Å². The molecule has 0 spiro atoms. The molecule has 0 bridgehead atoms. The van der Waals surface area contributed by atoms with E-state index >= 15 is 0 Å². The van der Waals surface area contributed by atoms with E-state index in [9.17, 15) is 9.59 Å². The van der Waals surface area contributed by atoms with E-state index in [2.05, 4.69) is 19.9 Å². The summed E-state index contributed by atoms with van der Waals surface area (Å²) in [6.45, 7) is 0.711. The van der Waals surface area contributed by atoms with Crippen molar-refractivity contribution in [3.8, 4) is 0 Å². The number of benzene rings is 1. The zero-order chi connectivity index (χ0) is 14.0. The first-order valence-corrected chi connectivity index (χ1v) is 6.30. The molecule has 0 radical (unpaired) electrons. The van der Waals surface area contributed by atoms with Gasteiger partial charge < -0.3 is 16.0 Å². The van der Waals surface area contributed by atoms with E-state index in [1.807, 2.05) is 25.2 Å². The summed E-state index contributed by atoms with van der Waals surface area (Å²) >= 11 is 0. The molecule has 19 heavy (non-hydrogen) atoms. The van der Waals surface area contributed by atoms with Crippen LogP contribution in [-0.4, -0.2) is 13.3 Å². The lowest BCUT2D eigenvalue weighted by molar-refractivity contribution is 0.818. The number of nitrogens with one attached hydrogen (secondary N) is 3. The van der Waals surface area contributed by atoms with Crippen LogP contribution in [0.5, 0.6) is 0 Å². The van der Waals surface area contributed by atoms with Gasteiger partial charge in [-0.05, 0) is 24.0 Å². The summed E-state index contributed by atoms with van der Waals surface area (Å²) in [5.74, 6) is 0. The predicted octanol–water partition coefficient (Wildman–Crippen LogP) is 0.244. The smallest absolute Gasteiger partial charge is 0.250 e. The van der Waals surface area contributed by atoms with Gasteiger partial charge in [0.25, 0.3) is 5.43 Å². The summed E-state index contributed by atoms with van der Waals surface area (Å²) in [6.07, 6.45) is 0.909. The second-order valence-electron chi connectivity index (χ2n) is 4.17. The van der Waals surface area contributed by atoms with Crippen LogP contribution in [0.15, 0.2) is 27.8 Å². The minimum atomic E-state index is -0.603. The zero-order valence-corrected chi connectivity index (χ0v) is 11.6. The largest absolute Gasteiger partial charge is 0.351 e. The molecule has 0 saturated heterocycles. The van der Waals surface area contributed by atoms with Crippen molar-refractivity contribution in [2.24, 2.45) is 0 Å². The molecular weight excluding hydrogens is 261 g/mol. The van der Waals surface area contributed by atoms with Gasteiger partial charge in [0.2, 0.25) is 5.43 Å². The monoisotopic (exact) mass is 275 g/mol. The molecule has 98 valence electrons. The molecule has 0 fully saturated rings. The first-order valence-electron chi connectivity index (χ1n) is 5.72. The van der Waals surface area contributed by atoms with Crippen molar-refractivity contribution in [3.63, 3.8) is 0 Å². The van der Waals surface area contributed by atoms with Crippen molar-refractivity contribution >= 4 is 32.1 Å². The van der Waals surface area contributed by atoms with Crippen LogP contribution in [-0.2, 0) is 6.54 Å². The Morgan fingerprint density at radius 3 is 2.68 bits per heavy atom. The molecule has 1 atom stereocenters. The molecule has 0 aliphatic rings. The van der Waals surface area contributed by atoms with Crippen molar-refractivity contribution < 1.29 is 0 Å². The van der Waals surface area contributed by atoms with E-state index in [1.165, 1.54) is 0 Å². The molecule has 0 saturated carbocycles. The molecule has 0 heterocycles. The Kier molecular flexibility index (Phi) is 3.88. The minimum Gasteiger partial charge on any atom is -0.351 e. The second-order valence-corrected chi connectivity index (χ2v) is 4.79. The van der Waals surface area contributed by atoms with E-state index in [4.69, 9.17) is 5.41 Å². The Morgan fingerprint density at radius 1 is 1.32 bits per heavy atom. The van der Waals surface area contributed by atoms with Gasteiger partial charge in [-0.15, -0.1) is 9.24 Å². The highest BCUT2D eigenvalue weighted by Gasteiger charge is 2.19. The highest BCUT2D eigenvalue weighted by Crippen LogP contribution is 2.17. The maximum atomic E-state index is 11.5. The van der Waals surface area contributed by atoms with Gasteiger partial charge >= 0.3 is 0 Å². The Morgan fingerprint density at radius 2 is 2.05 bits per heavy atom. The van der Waals surface area contributed by atoms with Crippen LogP contribution in [0, 0.1) is 5.41 Å². The van der Waals surface area contributed by atoms with Gasteiger partial charge in [0.15, 0.2) is 0 Å². The van der Waals surface area contributed by atoms with Crippen LogP contribution in [0.4, 0.5) is 11.4 Å². The normalized spacial score (nSPS) is 10.6. The maximum Gasteiger partial charge on any atom is 0.250 e. The van der Waals surface area contributed by atoms with E-state index in [0.717, 1.165) is 22.8 Å². The Balaban J connectivity index is 2.35. The van der Waals surface area contributed by atoms with Gasteiger partial charge in [-0.25, -0.2) is 0 Å². The third kappa shape index (κ3) is 2.48. The lowest BCUT2D eigenvalue weighted by Crippen LogP contribution is -2.38.